The second kappa shape index (κ2) is 5.47. The second-order valence-corrected chi connectivity index (χ2v) is 8.14. The van der Waals surface area contributed by atoms with Crippen LogP contribution in [-0.4, -0.2) is 50.5 Å². The van der Waals surface area contributed by atoms with Crippen LogP contribution < -0.4 is 5.32 Å². The number of nitrogens with zero attached hydrogens (tertiary/aromatic N) is 1. The van der Waals surface area contributed by atoms with Crippen LogP contribution >= 0.6 is 0 Å². The summed E-state index contributed by atoms with van der Waals surface area (Å²) in [6, 6.07) is 9.01. The average molecular weight is 294 g/mol. The predicted molar refractivity (Wildman–Crippen MR) is 80.6 cm³/mol. The Morgan fingerprint density at radius 3 is 2.95 bits per heavy atom. The number of hydrogen-bond donors (Lipinski definition) is 1. The molecule has 0 bridgehead atoms. The highest BCUT2D eigenvalue weighted by Crippen LogP contribution is 2.25. The lowest BCUT2D eigenvalue weighted by atomic mass is 9.94. The van der Waals surface area contributed by atoms with E-state index in [4.69, 9.17) is 0 Å². The fourth-order valence-corrected chi connectivity index (χ4v) is 4.92. The molecule has 0 aliphatic carbocycles. The Bertz CT molecular complexity index is 585. The Hall–Kier alpha value is -0.910. The lowest BCUT2D eigenvalue weighted by Gasteiger charge is -2.37. The first kappa shape index (κ1) is 14.0. The number of hydrogen-bond acceptors (Lipinski definition) is 4. The van der Waals surface area contributed by atoms with Gasteiger partial charge in [0, 0.05) is 25.2 Å². The van der Waals surface area contributed by atoms with Gasteiger partial charge < -0.3 is 5.32 Å². The van der Waals surface area contributed by atoms with Crippen LogP contribution in [0.2, 0.25) is 0 Å². The van der Waals surface area contributed by atoms with Crippen LogP contribution in [0.15, 0.2) is 24.3 Å². The molecule has 4 nitrogen and oxygen atoms in total. The standard InChI is InChI=1S/C15H22N2O2S/c1-12-11-20(18,19)9-8-17(12)10-15-14-5-3-2-4-13(14)6-7-16-15/h2-5,12,15-16H,6-11H2,1H3. The van der Waals surface area contributed by atoms with Crippen molar-refractivity contribution in [2.24, 2.45) is 0 Å². The molecule has 1 aromatic carbocycles. The third-order valence-corrected chi connectivity index (χ3v) is 6.24. The van der Waals surface area contributed by atoms with Crippen LogP contribution in [0.3, 0.4) is 0 Å². The maximum Gasteiger partial charge on any atom is 0.153 e. The zero-order chi connectivity index (χ0) is 14.2. The molecule has 2 aliphatic heterocycles. The molecule has 2 aliphatic rings. The van der Waals surface area contributed by atoms with E-state index in [0.717, 1.165) is 19.5 Å². The lowest BCUT2D eigenvalue weighted by molar-refractivity contribution is 0.199. The highest BCUT2D eigenvalue weighted by molar-refractivity contribution is 7.91. The summed E-state index contributed by atoms with van der Waals surface area (Å²) in [6.45, 7) is 4.57. The largest absolute Gasteiger partial charge is 0.309 e. The van der Waals surface area contributed by atoms with Crippen molar-refractivity contribution in [2.45, 2.75) is 25.4 Å². The van der Waals surface area contributed by atoms with Gasteiger partial charge in [-0.05, 0) is 31.0 Å². The lowest BCUT2D eigenvalue weighted by Crippen LogP contribution is -2.50. The van der Waals surface area contributed by atoms with Crippen molar-refractivity contribution in [3.63, 3.8) is 0 Å². The number of rotatable bonds is 2. The molecular formula is C15H22N2O2S. The maximum atomic E-state index is 11.7. The molecule has 1 saturated heterocycles. The molecule has 0 spiro atoms. The van der Waals surface area contributed by atoms with Gasteiger partial charge in [-0.3, -0.25) is 4.90 Å². The monoisotopic (exact) mass is 294 g/mol. The smallest absolute Gasteiger partial charge is 0.153 e. The van der Waals surface area contributed by atoms with Gasteiger partial charge in [-0.2, -0.15) is 0 Å². The molecule has 110 valence electrons. The van der Waals surface area contributed by atoms with Gasteiger partial charge in [-0.15, -0.1) is 0 Å². The number of nitrogens with one attached hydrogen (secondary N) is 1. The van der Waals surface area contributed by atoms with E-state index in [9.17, 15) is 8.42 Å². The van der Waals surface area contributed by atoms with Gasteiger partial charge in [0.25, 0.3) is 0 Å². The van der Waals surface area contributed by atoms with Crippen molar-refractivity contribution in [3.8, 4) is 0 Å². The topological polar surface area (TPSA) is 49.4 Å². The van der Waals surface area contributed by atoms with Crippen molar-refractivity contribution >= 4 is 9.84 Å². The third kappa shape index (κ3) is 2.90. The first-order valence-electron chi connectivity index (χ1n) is 7.31. The first-order valence-corrected chi connectivity index (χ1v) is 9.13. The van der Waals surface area contributed by atoms with Crippen molar-refractivity contribution < 1.29 is 8.42 Å². The van der Waals surface area contributed by atoms with E-state index in [1.165, 1.54) is 11.1 Å². The van der Waals surface area contributed by atoms with E-state index < -0.39 is 9.84 Å². The third-order valence-electron chi connectivity index (χ3n) is 4.44. The van der Waals surface area contributed by atoms with E-state index in [2.05, 4.69) is 34.5 Å². The molecule has 1 aromatic rings. The summed E-state index contributed by atoms with van der Waals surface area (Å²) in [5.41, 5.74) is 2.80. The molecule has 1 N–H and O–H groups in total. The zero-order valence-electron chi connectivity index (χ0n) is 11.9. The minimum Gasteiger partial charge on any atom is -0.309 e. The first-order chi connectivity index (χ1) is 9.55. The summed E-state index contributed by atoms with van der Waals surface area (Å²) in [6.07, 6.45) is 1.08. The summed E-state index contributed by atoms with van der Waals surface area (Å²) in [5, 5.41) is 3.57. The molecule has 3 rings (SSSR count). The molecular weight excluding hydrogens is 272 g/mol. The van der Waals surface area contributed by atoms with Crippen LogP contribution in [0.1, 0.15) is 24.1 Å². The van der Waals surface area contributed by atoms with Gasteiger partial charge in [0.1, 0.15) is 0 Å². The summed E-state index contributed by atoms with van der Waals surface area (Å²) < 4.78 is 23.3. The van der Waals surface area contributed by atoms with E-state index in [-0.39, 0.29) is 6.04 Å². The van der Waals surface area contributed by atoms with Crippen LogP contribution in [0.5, 0.6) is 0 Å². The number of benzene rings is 1. The SMILES string of the molecule is CC1CS(=O)(=O)CCN1CC1NCCc2ccccc21. The minimum absolute atomic E-state index is 0.115. The van der Waals surface area contributed by atoms with Crippen molar-refractivity contribution in [2.75, 3.05) is 31.1 Å². The van der Waals surface area contributed by atoms with E-state index >= 15 is 0 Å². The van der Waals surface area contributed by atoms with Crippen LogP contribution in [-0.2, 0) is 16.3 Å². The van der Waals surface area contributed by atoms with Crippen LogP contribution in [0.4, 0.5) is 0 Å². The Labute approximate surface area is 121 Å². The molecule has 1 fully saturated rings. The van der Waals surface area contributed by atoms with Crippen molar-refractivity contribution in [3.05, 3.63) is 35.4 Å². The fraction of sp³-hybridized carbons (Fsp3) is 0.600. The molecule has 0 saturated carbocycles. The summed E-state index contributed by atoms with van der Waals surface area (Å²) in [7, 11) is -2.83. The summed E-state index contributed by atoms with van der Waals surface area (Å²) in [5.74, 6) is 0.590. The molecule has 20 heavy (non-hydrogen) atoms. The molecule has 0 radical (unpaired) electrons. The second-order valence-electron chi connectivity index (χ2n) is 5.91. The summed E-state index contributed by atoms with van der Waals surface area (Å²) in [4.78, 5) is 2.31. The van der Waals surface area contributed by atoms with E-state index in [1.54, 1.807) is 0 Å². The number of sulfone groups is 1. The fourth-order valence-electron chi connectivity index (χ4n) is 3.29. The maximum absolute atomic E-state index is 11.7. The normalized spacial score (nSPS) is 29.9. The Kier molecular flexibility index (Phi) is 3.84. The minimum atomic E-state index is -2.83. The predicted octanol–water partition coefficient (Wildman–Crippen LogP) is 0.992. The average Bonchev–Trinajstić information content (AvgIpc) is 2.42. The molecule has 2 atom stereocenters. The van der Waals surface area contributed by atoms with Gasteiger partial charge in [0.15, 0.2) is 9.84 Å². The Balaban J connectivity index is 1.73. The Morgan fingerprint density at radius 2 is 2.15 bits per heavy atom. The molecule has 0 amide bonds. The van der Waals surface area contributed by atoms with Gasteiger partial charge in [-0.25, -0.2) is 8.42 Å². The Morgan fingerprint density at radius 1 is 1.35 bits per heavy atom. The summed E-state index contributed by atoms with van der Waals surface area (Å²) >= 11 is 0. The van der Waals surface area contributed by atoms with Crippen LogP contribution in [0.25, 0.3) is 0 Å². The molecule has 5 heteroatoms. The highest BCUT2D eigenvalue weighted by Gasteiger charge is 2.30. The van der Waals surface area contributed by atoms with E-state index in [0.29, 0.717) is 24.1 Å². The zero-order valence-corrected chi connectivity index (χ0v) is 12.7. The van der Waals surface area contributed by atoms with Gasteiger partial charge >= 0.3 is 0 Å². The molecule has 0 aromatic heterocycles. The molecule has 2 unspecified atom stereocenters. The van der Waals surface area contributed by atoms with Gasteiger partial charge in [-0.1, -0.05) is 24.3 Å². The molecule has 2 heterocycles. The quantitative estimate of drug-likeness (QED) is 0.884. The van der Waals surface area contributed by atoms with Crippen molar-refractivity contribution in [1.29, 1.82) is 0 Å². The van der Waals surface area contributed by atoms with Gasteiger partial charge in [0.05, 0.1) is 11.5 Å². The van der Waals surface area contributed by atoms with Gasteiger partial charge in [0.2, 0.25) is 0 Å². The van der Waals surface area contributed by atoms with Crippen LogP contribution in [0, 0.1) is 0 Å². The van der Waals surface area contributed by atoms with E-state index in [1.807, 2.05) is 6.92 Å². The van der Waals surface area contributed by atoms with Crippen molar-refractivity contribution in [1.82, 2.24) is 10.2 Å². The highest BCUT2D eigenvalue weighted by atomic mass is 32.2. The number of fused-ring (bicyclic) bond motifs is 1.